The highest BCUT2D eigenvalue weighted by Gasteiger charge is 2.68. The van der Waals surface area contributed by atoms with Crippen LogP contribution in [-0.4, -0.2) is 37.2 Å². The van der Waals surface area contributed by atoms with Crippen LogP contribution >= 0.6 is 0 Å². The molecule has 0 aliphatic heterocycles. The Balaban J connectivity index is 2.92. The van der Waals surface area contributed by atoms with E-state index in [1.807, 2.05) is 27.7 Å². The number of carbonyl (C=O) groups is 3. The average molecular weight is 399 g/mol. The average Bonchev–Trinajstić information content (AvgIpc) is 3.12. The maximum absolute atomic E-state index is 13.1. The van der Waals surface area contributed by atoms with Gasteiger partial charge in [0.25, 0.3) is 6.10 Å². The minimum absolute atomic E-state index is 0.0917. The Labute approximate surface area is 169 Å². The number of carbonyl (C=O) groups excluding carboxylic acids is 3. The molecule has 0 aromatic heterocycles. The van der Waals surface area contributed by atoms with E-state index in [4.69, 9.17) is 14.2 Å². The Hall–Kier alpha value is -1.59. The molecule has 1 saturated carbocycles. The third-order valence-corrected chi connectivity index (χ3v) is 5.27. The fourth-order valence-electron chi connectivity index (χ4n) is 3.54. The van der Waals surface area contributed by atoms with Crippen LogP contribution in [0.2, 0.25) is 0 Å². The first-order chi connectivity index (χ1) is 12.9. The molecule has 0 spiro atoms. The lowest BCUT2D eigenvalue weighted by Gasteiger charge is -2.28. The van der Waals surface area contributed by atoms with Crippen molar-refractivity contribution in [1.29, 1.82) is 0 Å². The fraction of sp³-hybridized carbons (Fsp3) is 0.864. The monoisotopic (exact) mass is 398 g/mol. The molecule has 1 rings (SSSR count). The first-order valence-electron chi connectivity index (χ1n) is 10.4. The minimum Gasteiger partial charge on any atom is -0.462 e. The highest BCUT2D eigenvalue weighted by molar-refractivity contribution is 6.00. The molecule has 1 aliphatic rings. The SMILES string of the molecule is CCCCOC(=O)C(OC(=O)C1(CC(C)(C)C)CC1(C)C)C(=O)OCCCC. The molecule has 0 aromatic rings. The largest absolute Gasteiger partial charge is 0.462 e. The van der Waals surface area contributed by atoms with Crippen molar-refractivity contribution in [3.05, 3.63) is 0 Å². The number of rotatable bonds is 11. The van der Waals surface area contributed by atoms with Gasteiger partial charge in [-0.25, -0.2) is 9.59 Å². The quantitative estimate of drug-likeness (QED) is 0.222. The van der Waals surface area contributed by atoms with E-state index in [2.05, 4.69) is 20.8 Å². The van der Waals surface area contributed by atoms with Crippen LogP contribution in [0.3, 0.4) is 0 Å². The topological polar surface area (TPSA) is 78.9 Å². The van der Waals surface area contributed by atoms with Crippen LogP contribution in [-0.2, 0) is 28.6 Å². The number of hydrogen-bond donors (Lipinski definition) is 0. The summed E-state index contributed by atoms with van der Waals surface area (Å²) in [7, 11) is 0. The summed E-state index contributed by atoms with van der Waals surface area (Å²) in [4.78, 5) is 37.9. The lowest BCUT2D eigenvalue weighted by atomic mass is 9.79. The molecule has 0 bridgehead atoms. The van der Waals surface area contributed by atoms with Crippen LogP contribution in [0.25, 0.3) is 0 Å². The van der Waals surface area contributed by atoms with Crippen LogP contribution in [0.4, 0.5) is 0 Å². The molecule has 1 atom stereocenters. The predicted molar refractivity (Wildman–Crippen MR) is 107 cm³/mol. The Morgan fingerprint density at radius 1 is 0.929 bits per heavy atom. The van der Waals surface area contributed by atoms with Gasteiger partial charge < -0.3 is 14.2 Å². The second kappa shape index (κ2) is 9.75. The van der Waals surface area contributed by atoms with Crippen molar-refractivity contribution in [2.45, 2.75) is 93.1 Å². The van der Waals surface area contributed by atoms with E-state index in [1.54, 1.807) is 0 Å². The molecular formula is C22H38O6. The normalized spacial score (nSPS) is 20.6. The zero-order valence-corrected chi connectivity index (χ0v) is 18.7. The molecule has 0 heterocycles. The first kappa shape index (κ1) is 24.4. The van der Waals surface area contributed by atoms with E-state index in [0.29, 0.717) is 25.7 Å². The summed E-state index contributed by atoms with van der Waals surface area (Å²) in [5.41, 5.74) is -1.03. The maximum atomic E-state index is 13.1. The molecule has 0 amide bonds. The summed E-state index contributed by atoms with van der Waals surface area (Å²) >= 11 is 0. The highest BCUT2D eigenvalue weighted by Crippen LogP contribution is 2.68. The van der Waals surface area contributed by atoms with Crippen LogP contribution in [0.5, 0.6) is 0 Å². The van der Waals surface area contributed by atoms with Gasteiger partial charge in [-0.3, -0.25) is 4.79 Å². The summed E-state index contributed by atoms with van der Waals surface area (Å²) in [5, 5.41) is 0. The minimum atomic E-state index is -1.66. The number of ether oxygens (including phenoxy) is 3. The molecule has 1 unspecified atom stereocenters. The summed E-state index contributed by atoms with van der Waals surface area (Å²) < 4.78 is 15.7. The van der Waals surface area contributed by atoms with Crippen molar-refractivity contribution < 1.29 is 28.6 Å². The van der Waals surface area contributed by atoms with Gasteiger partial charge in [-0.2, -0.15) is 0 Å². The van der Waals surface area contributed by atoms with Gasteiger partial charge in [-0.1, -0.05) is 61.3 Å². The molecule has 0 aromatic carbocycles. The fourth-order valence-corrected chi connectivity index (χ4v) is 3.54. The lowest BCUT2D eigenvalue weighted by molar-refractivity contribution is -0.184. The molecular weight excluding hydrogens is 360 g/mol. The molecule has 6 nitrogen and oxygen atoms in total. The Morgan fingerprint density at radius 3 is 1.68 bits per heavy atom. The van der Waals surface area contributed by atoms with E-state index >= 15 is 0 Å². The Kier molecular flexibility index (Phi) is 8.51. The number of esters is 3. The van der Waals surface area contributed by atoms with Crippen LogP contribution in [0.15, 0.2) is 0 Å². The standard InChI is InChI=1S/C22H38O6/c1-8-10-12-26-17(23)16(18(24)27-13-11-9-2)28-19(25)22(14-20(3,4)5)15-21(22,6)7/h16H,8-15H2,1-7H3. The van der Waals surface area contributed by atoms with Gasteiger partial charge in [0.15, 0.2) is 0 Å². The van der Waals surface area contributed by atoms with Crippen molar-refractivity contribution in [1.82, 2.24) is 0 Å². The number of hydrogen-bond acceptors (Lipinski definition) is 6. The van der Waals surface area contributed by atoms with Crippen molar-refractivity contribution in [2.24, 2.45) is 16.2 Å². The van der Waals surface area contributed by atoms with Gasteiger partial charge in [-0.15, -0.1) is 0 Å². The second-order valence-corrected chi connectivity index (χ2v) is 9.71. The summed E-state index contributed by atoms with van der Waals surface area (Å²) in [6.45, 7) is 14.5. The van der Waals surface area contributed by atoms with Crippen molar-refractivity contribution in [3.8, 4) is 0 Å². The van der Waals surface area contributed by atoms with Gasteiger partial charge >= 0.3 is 17.9 Å². The van der Waals surface area contributed by atoms with Gasteiger partial charge in [0.1, 0.15) is 0 Å². The molecule has 0 radical (unpaired) electrons. The van der Waals surface area contributed by atoms with Gasteiger partial charge in [-0.05, 0) is 36.5 Å². The molecule has 1 fully saturated rings. The third kappa shape index (κ3) is 6.49. The van der Waals surface area contributed by atoms with Crippen molar-refractivity contribution >= 4 is 17.9 Å². The van der Waals surface area contributed by atoms with E-state index in [9.17, 15) is 14.4 Å². The van der Waals surface area contributed by atoms with E-state index in [0.717, 1.165) is 12.8 Å². The van der Waals surface area contributed by atoms with Crippen LogP contribution in [0.1, 0.15) is 87.0 Å². The summed E-state index contributed by atoms with van der Waals surface area (Å²) in [6.07, 6.45) is 2.68. The Bertz CT molecular complexity index is 538. The van der Waals surface area contributed by atoms with Gasteiger partial charge in [0.05, 0.1) is 18.6 Å². The van der Waals surface area contributed by atoms with E-state index < -0.39 is 29.4 Å². The van der Waals surface area contributed by atoms with Crippen molar-refractivity contribution in [3.63, 3.8) is 0 Å². The first-order valence-corrected chi connectivity index (χ1v) is 10.4. The van der Waals surface area contributed by atoms with Crippen LogP contribution < -0.4 is 0 Å². The lowest BCUT2D eigenvalue weighted by Crippen LogP contribution is -2.41. The second-order valence-electron chi connectivity index (χ2n) is 9.71. The number of unbranched alkanes of at least 4 members (excludes halogenated alkanes) is 2. The van der Waals surface area contributed by atoms with Crippen molar-refractivity contribution in [2.75, 3.05) is 13.2 Å². The maximum Gasteiger partial charge on any atom is 0.359 e. The predicted octanol–water partition coefficient (Wildman–Crippen LogP) is 4.44. The Morgan fingerprint density at radius 2 is 1.36 bits per heavy atom. The summed E-state index contributed by atoms with van der Waals surface area (Å²) in [6, 6.07) is 0. The molecule has 0 saturated heterocycles. The molecule has 1 aliphatic carbocycles. The smallest absolute Gasteiger partial charge is 0.359 e. The zero-order chi connectivity index (χ0) is 21.6. The zero-order valence-electron chi connectivity index (χ0n) is 18.7. The van der Waals surface area contributed by atoms with Gasteiger partial charge in [0.2, 0.25) is 0 Å². The molecule has 28 heavy (non-hydrogen) atoms. The molecule has 6 heteroatoms. The van der Waals surface area contributed by atoms with Gasteiger partial charge in [0, 0.05) is 0 Å². The van der Waals surface area contributed by atoms with E-state index in [-0.39, 0.29) is 24.0 Å². The van der Waals surface area contributed by atoms with E-state index in [1.165, 1.54) is 0 Å². The highest BCUT2D eigenvalue weighted by atomic mass is 16.6. The third-order valence-electron chi connectivity index (χ3n) is 5.27. The van der Waals surface area contributed by atoms with Crippen LogP contribution in [0, 0.1) is 16.2 Å². The molecule has 162 valence electrons. The molecule has 0 N–H and O–H groups in total. The summed E-state index contributed by atoms with van der Waals surface area (Å²) in [5.74, 6) is -2.22.